The first kappa shape index (κ1) is 21.1. The van der Waals surface area contributed by atoms with Crippen molar-refractivity contribution in [1.29, 1.82) is 0 Å². The number of rotatable bonds is 13. The van der Waals surface area contributed by atoms with E-state index < -0.39 is 5.97 Å². The monoisotopic (exact) mass is 401 g/mol. The molecule has 0 aliphatic carbocycles. The molecule has 0 aromatic heterocycles. The molecule has 0 bridgehead atoms. The summed E-state index contributed by atoms with van der Waals surface area (Å²) >= 11 is 0. The van der Waals surface area contributed by atoms with E-state index in [-0.39, 0.29) is 38.6 Å². The molecule has 2 nitrogen and oxygen atoms in total. The van der Waals surface area contributed by atoms with Crippen molar-refractivity contribution in [3.05, 3.63) is 0 Å². The van der Waals surface area contributed by atoms with Gasteiger partial charge < -0.3 is 5.11 Å². The topological polar surface area (TPSA) is 37.3 Å². The second-order valence-corrected chi connectivity index (χ2v) is 5.03. The van der Waals surface area contributed by atoms with E-state index in [4.69, 9.17) is 5.11 Å². The van der Waals surface area contributed by atoms with E-state index >= 15 is 0 Å². The van der Waals surface area contributed by atoms with Crippen LogP contribution < -0.4 is 0 Å². The fourth-order valence-electron chi connectivity index (χ4n) is 2.12. The quantitative estimate of drug-likeness (QED) is 0.433. The van der Waals surface area contributed by atoms with E-state index in [0.29, 0.717) is 6.42 Å². The van der Waals surface area contributed by atoms with Gasteiger partial charge in [0.25, 0.3) is 0 Å². The van der Waals surface area contributed by atoms with Crippen LogP contribution in [0.3, 0.4) is 0 Å². The fourth-order valence-corrected chi connectivity index (χ4v) is 2.12. The van der Waals surface area contributed by atoms with Crippen molar-refractivity contribution in [2.45, 2.75) is 90.4 Å². The molecule has 0 aliphatic rings. The van der Waals surface area contributed by atoms with Crippen LogP contribution in [-0.4, -0.2) is 11.1 Å². The minimum absolute atomic E-state index is 0. The third-order valence-electron chi connectivity index (χ3n) is 3.24. The van der Waals surface area contributed by atoms with Gasteiger partial charge in [-0.1, -0.05) is 77.6 Å². The van der Waals surface area contributed by atoms with Gasteiger partial charge in [0.1, 0.15) is 0 Å². The van der Waals surface area contributed by atoms with E-state index in [2.05, 4.69) is 6.92 Å². The Balaban J connectivity index is 0. The molecule has 111 valence electrons. The molecule has 0 spiro atoms. The molecule has 0 aliphatic heterocycles. The summed E-state index contributed by atoms with van der Waals surface area (Å²) in [6, 6.07) is 0. The zero-order valence-corrected chi connectivity index (χ0v) is 14.0. The molecule has 0 fully saturated rings. The van der Waals surface area contributed by atoms with Crippen molar-refractivity contribution in [2.75, 3.05) is 0 Å². The first-order valence-corrected chi connectivity index (χ1v) is 7.49. The van der Waals surface area contributed by atoms with Crippen LogP contribution in [0.15, 0.2) is 0 Å². The maximum atomic E-state index is 10.3. The van der Waals surface area contributed by atoms with Crippen molar-refractivity contribution in [3.63, 3.8) is 0 Å². The Bertz CT molecular complexity index is 172. The molecule has 0 rings (SSSR count). The molecule has 1 radical (unpaired) electrons. The maximum Gasteiger partial charge on any atom is 0.303 e. The molecule has 0 atom stereocenters. The third-order valence-corrected chi connectivity index (χ3v) is 3.24. The predicted octanol–water partition coefficient (Wildman–Crippen LogP) is 5.16. The van der Waals surface area contributed by atoms with Gasteiger partial charge >= 0.3 is 5.97 Å². The van der Waals surface area contributed by atoms with Gasteiger partial charge in [-0.2, -0.15) is 0 Å². The van der Waals surface area contributed by atoms with Gasteiger partial charge in [-0.05, 0) is 6.42 Å². The summed E-state index contributed by atoms with van der Waals surface area (Å²) in [7, 11) is 0. The molecule has 3 heteroatoms. The van der Waals surface area contributed by atoms with Crippen LogP contribution in [-0.2, 0) is 4.79 Å². The summed E-state index contributed by atoms with van der Waals surface area (Å²) < 4.78 is 0. The van der Waals surface area contributed by atoms with Crippen molar-refractivity contribution in [3.8, 4) is 0 Å². The zero-order valence-electron chi connectivity index (χ0n) is 11.9. The van der Waals surface area contributed by atoms with E-state index in [1.807, 2.05) is 0 Å². The molecule has 1 N–H and O–H groups in total. The minimum Gasteiger partial charge on any atom is -0.481 e. The fraction of sp³-hybridized carbons (Fsp3) is 0.933. The molecular weight excluding hydrogens is 371 g/mol. The van der Waals surface area contributed by atoms with Gasteiger partial charge in [0.05, 0.1) is 0 Å². The maximum absolute atomic E-state index is 10.3. The summed E-state index contributed by atoms with van der Waals surface area (Å²) in [6.07, 6.45) is 15.8. The van der Waals surface area contributed by atoms with Crippen molar-refractivity contribution in [2.24, 2.45) is 0 Å². The molecule has 0 unspecified atom stereocenters. The molecule has 0 saturated heterocycles. The number of unbranched alkanes of at least 4 members (excludes halogenated alkanes) is 11. The average Bonchev–Trinajstić information content (AvgIpc) is 2.30. The smallest absolute Gasteiger partial charge is 0.303 e. The Morgan fingerprint density at radius 3 is 1.39 bits per heavy atom. The number of carboxylic acids is 1. The Morgan fingerprint density at radius 2 is 1.06 bits per heavy atom. The van der Waals surface area contributed by atoms with Crippen LogP contribution in [0.1, 0.15) is 90.4 Å². The first-order valence-electron chi connectivity index (χ1n) is 7.49. The number of hydrogen-bond acceptors (Lipinski definition) is 1. The van der Waals surface area contributed by atoms with Crippen LogP contribution in [0.2, 0.25) is 0 Å². The van der Waals surface area contributed by atoms with Crippen LogP contribution in [0, 0.1) is 38.6 Å². The van der Waals surface area contributed by atoms with Gasteiger partial charge in [-0.25, -0.2) is 0 Å². The number of carboxylic acid groups (broad SMARTS) is 1. The first-order chi connectivity index (χ1) is 8.27. The SMILES string of the molecule is CCCCCCCCCCCCCCC(=O)O.[Tb]. The summed E-state index contributed by atoms with van der Waals surface area (Å²) in [5.41, 5.74) is 0. The van der Waals surface area contributed by atoms with Crippen LogP contribution in [0.5, 0.6) is 0 Å². The normalized spacial score (nSPS) is 10.1. The average molecular weight is 401 g/mol. The second kappa shape index (κ2) is 17.8. The summed E-state index contributed by atoms with van der Waals surface area (Å²) in [5.74, 6) is -0.655. The Morgan fingerprint density at radius 1 is 0.722 bits per heavy atom. The molecule has 0 amide bonds. The molecule has 0 heterocycles. The predicted molar refractivity (Wildman–Crippen MR) is 73.3 cm³/mol. The Kier molecular flexibility index (Phi) is 20.8. The van der Waals surface area contributed by atoms with Crippen molar-refractivity contribution in [1.82, 2.24) is 0 Å². The van der Waals surface area contributed by atoms with Gasteiger partial charge in [-0.15, -0.1) is 0 Å². The summed E-state index contributed by atoms with van der Waals surface area (Å²) in [4.78, 5) is 10.3. The van der Waals surface area contributed by atoms with E-state index in [1.165, 1.54) is 64.2 Å². The summed E-state index contributed by atoms with van der Waals surface area (Å²) in [5, 5.41) is 8.47. The molecular formula is C15H30O2Tb. The molecule has 0 saturated carbocycles. The van der Waals surface area contributed by atoms with E-state index in [0.717, 1.165) is 12.8 Å². The van der Waals surface area contributed by atoms with Gasteiger partial charge in [0.2, 0.25) is 0 Å². The number of carbonyl (C=O) groups is 1. The standard InChI is InChI=1S/C15H30O2.Tb/c1-2-3-4-5-6-7-8-9-10-11-12-13-14-15(16)17;/h2-14H2,1H3,(H,16,17);. The Hall–Kier alpha value is 0.756. The van der Waals surface area contributed by atoms with Crippen LogP contribution >= 0.6 is 0 Å². The third kappa shape index (κ3) is 19.1. The molecule has 0 aromatic rings. The van der Waals surface area contributed by atoms with E-state index in [1.54, 1.807) is 0 Å². The number of hydrogen-bond donors (Lipinski definition) is 1. The molecule has 0 aromatic carbocycles. The van der Waals surface area contributed by atoms with Gasteiger partial charge in [0, 0.05) is 45.0 Å². The van der Waals surface area contributed by atoms with Crippen molar-refractivity contribution < 1.29 is 48.5 Å². The van der Waals surface area contributed by atoms with E-state index in [9.17, 15) is 4.79 Å². The molecule has 18 heavy (non-hydrogen) atoms. The second-order valence-electron chi connectivity index (χ2n) is 5.03. The number of aliphatic carboxylic acids is 1. The van der Waals surface area contributed by atoms with Gasteiger partial charge in [0.15, 0.2) is 0 Å². The van der Waals surface area contributed by atoms with Crippen LogP contribution in [0.4, 0.5) is 0 Å². The minimum atomic E-state index is -0.655. The summed E-state index contributed by atoms with van der Waals surface area (Å²) in [6.45, 7) is 2.25. The van der Waals surface area contributed by atoms with Crippen molar-refractivity contribution >= 4 is 5.97 Å². The van der Waals surface area contributed by atoms with Crippen LogP contribution in [0.25, 0.3) is 0 Å². The largest absolute Gasteiger partial charge is 0.481 e. The Labute approximate surface area is 144 Å². The van der Waals surface area contributed by atoms with Gasteiger partial charge in [-0.3, -0.25) is 4.79 Å². The zero-order chi connectivity index (χ0) is 12.8.